The molecule has 2 aromatic carbocycles. The van der Waals surface area contributed by atoms with E-state index in [0.717, 1.165) is 6.07 Å². The monoisotopic (exact) mass is 446 g/mol. The van der Waals surface area contributed by atoms with E-state index in [1.807, 2.05) is 0 Å². The summed E-state index contributed by atoms with van der Waals surface area (Å²) in [4.78, 5) is 12.6. The van der Waals surface area contributed by atoms with Crippen LogP contribution in [0.4, 0.5) is 0 Å². The van der Waals surface area contributed by atoms with Gasteiger partial charge in [-0.25, -0.2) is 0 Å². The van der Waals surface area contributed by atoms with E-state index in [0.29, 0.717) is 11.3 Å². The standard InChI is InChI=1S/C22H22O10/c1-29-11-4-2-10(3-5-11)15-8-14(25)18-13(24)6-12(7-16(18)31-15)30-22-21(28)20(27)19(26)17(9-23)32-22/h2-8,17,19-24,26-28H,9H2,1H3/t17?,19-,20-,21?,22+/m0/s1. The summed E-state index contributed by atoms with van der Waals surface area (Å²) >= 11 is 0. The number of aliphatic hydroxyl groups is 4. The Labute approximate surface area is 181 Å². The molecule has 1 saturated heterocycles. The summed E-state index contributed by atoms with van der Waals surface area (Å²) in [6, 6.07) is 10.5. The van der Waals surface area contributed by atoms with Crippen LogP contribution in [0.2, 0.25) is 0 Å². The molecule has 10 nitrogen and oxygen atoms in total. The number of aliphatic hydroxyl groups excluding tert-OH is 4. The van der Waals surface area contributed by atoms with E-state index in [1.54, 1.807) is 24.3 Å². The maximum atomic E-state index is 12.6. The van der Waals surface area contributed by atoms with Gasteiger partial charge in [-0.3, -0.25) is 4.79 Å². The van der Waals surface area contributed by atoms with Gasteiger partial charge in [-0.15, -0.1) is 0 Å². The molecule has 5 atom stereocenters. The second-order valence-electron chi connectivity index (χ2n) is 7.33. The average molecular weight is 446 g/mol. The Kier molecular flexibility index (Phi) is 6.04. The summed E-state index contributed by atoms with van der Waals surface area (Å²) in [5, 5.41) is 49.6. The summed E-state index contributed by atoms with van der Waals surface area (Å²) in [6.45, 7) is -0.617. The van der Waals surface area contributed by atoms with Gasteiger partial charge < -0.3 is 44.2 Å². The molecular formula is C22H22O10. The van der Waals surface area contributed by atoms with Gasteiger partial charge in [-0.2, -0.15) is 0 Å². The molecule has 1 aliphatic heterocycles. The predicted molar refractivity (Wildman–Crippen MR) is 111 cm³/mol. The van der Waals surface area contributed by atoms with E-state index in [2.05, 4.69) is 0 Å². The quantitative estimate of drug-likeness (QED) is 0.370. The molecule has 170 valence electrons. The SMILES string of the molecule is COc1ccc(-c2cc(=O)c3c(O)cc(O[C@@H]4OC(CO)[C@H](O)[C@H](O)C4O)cc3o2)cc1. The number of rotatable bonds is 5. The van der Waals surface area contributed by atoms with Crippen molar-refractivity contribution in [2.45, 2.75) is 30.7 Å². The predicted octanol–water partition coefficient (Wildman–Crippen LogP) is 0.353. The normalized spacial score (nSPS) is 25.6. The molecule has 1 aromatic heterocycles. The number of fused-ring (bicyclic) bond motifs is 1. The Morgan fingerprint density at radius 3 is 2.34 bits per heavy atom. The van der Waals surface area contributed by atoms with Crippen molar-refractivity contribution in [3.63, 3.8) is 0 Å². The first-order chi connectivity index (χ1) is 15.3. The third-order valence-electron chi connectivity index (χ3n) is 5.26. The Hall–Kier alpha value is -3.15. The minimum atomic E-state index is -1.64. The Balaban J connectivity index is 1.69. The van der Waals surface area contributed by atoms with Crippen molar-refractivity contribution in [1.82, 2.24) is 0 Å². The van der Waals surface area contributed by atoms with Gasteiger partial charge in [-0.05, 0) is 24.3 Å². The van der Waals surface area contributed by atoms with Crippen molar-refractivity contribution < 1.29 is 44.2 Å². The number of hydrogen-bond donors (Lipinski definition) is 5. The van der Waals surface area contributed by atoms with E-state index in [9.17, 15) is 30.3 Å². The van der Waals surface area contributed by atoms with Crippen LogP contribution in [0.25, 0.3) is 22.3 Å². The number of phenolic OH excluding ortho intramolecular Hbond substituents is 1. The summed E-state index contributed by atoms with van der Waals surface area (Å²) in [5.74, 6) is 0.422. The van der Waals surface area contributed by atoms with Crippen LogP contribution >= 0.6 is 0 Å². The van der Waals surface area contributed by atoms with E-state index in [1.165, 1.54) is 19.2 Å². The maximum Gasteiger partial charge on any atom is 0.229 e. The van der Waals surface area contributed by atoms with Crippen molar-refractivity contribution in [3.05, 3.63) is 52.7 Å². The minimum Gasteiger partial charge on any atom is -0.507 e. The molecule has 0 bridgehead atoms. The van der Waals surface area contributed by atoms with Crippen LogP contribution < -0.4 is 14.9 Å². The fraction of sp³-hybridized carbons (Fsp3) is 0.318. The van der Waals surface area contributed by atoms with Crippen molar-refractivity contribution in [2.24, 2.45) is 0 Å². The van der Waals surface area contributed by atoms with Gasteiger partial charge in [0.1, 0.15) is 58.4 Å². The van der Waals surface area contributed by atoms with Crippen LogP contribution in [-0.4, -0.2) is 70.0 Å². The van der Waals surface area contributed by atoms with Gasteiger partial charge >= 0.3 is 0 Å². The smallest absolute Gasteiger partial charge is 0.229 e. The molecule has 1 aliphatic rings. The number of hydrogen-bond acceptors (Lipinski definition) is 10. The van der Waals surface area contributed by atoms with Crippen LogP contribution in [0.5, 0.6) is 17.2 Å². The average Bonchev–Trinajstić information content (AvgIpc) is 2.79. The first-order valence-corrected chi connectivity index (χ1v) is 9.75. The first-order valence-electron chi connectivity index (χ1n) is 9.75. The molecule has 32 heavy (non-hydrogen) atoms. The minimum absolute atomic E-state index is 0.0166. The molecule has 3 aromatic rings. The number of ether oxygens (including phenoxy) is 3. The molecule has 2 heterocycles. The molecule has 1 fully saturated rings. The summed E-state index contributed by atoms with van der Waals surface area (Å²) < 4.78 is 21.8. The fourth-order valence-corrected chi connectivity index (χ4v) is 3.51. The fourth-order valence-electron chi connectivity index (χ4n) is 3.51. The third kappa shape index (κ3) is 4.01. The van der Waals surface area contributed by atoms with E-state index >= 15 is 0 Å². The molecule has 0 aliphatic carbocycles. The second kappa shape index (κ2) is 8.77. The van der Waals surface area contributed by atoms with Crippen LogP contribution in [0.3, 0.4) is 0 Å². The van der Waals surface area contributed by atoms with Crippen molar-refractivity contribution in [1.29, 1.82) is 0 Å². The van der Waals surface area contributed by atoms with E-state index in [-0.39, 0.29) is 22.5 Å². The molecular weight excluding hydrogens is 424 g/mol. The number of benzene rings is 2. The van der Waals surface area contributed by atoms with Gasteiger partial charge in [0, 0.05) is 23.8 Å². The lowest BCUT2D eigenvalue weighted by Crippen LogP contribution is -2.60. The van der Waals surface area contributed by atoms with Gasteiger partial charge in [0.2, 0.25) is 6.29 Å². The van der Waals surface area contributed by atoms with Crippen molar-refractivity contribution >= 4 is 11.0 Å². The lowest BCUT2D eigenvalue weighted by molar-refractivity contribution is -0.277. The second-order valence-corrected chi connectivity index (χ2v) is 7.33. The lowest BCUT2D eigenvalue weighted by Gasteiger charge is -2.39. The van der Waals surface area contributed by atoms with Gasteiger partial charge in [0.25, 0.3) is 0 Å². The van der Waals surface area contributed by atoms with Crippen LogP contribution in [0, 0.1) is 0 Å². The molecule has 0 amide bonds. The maximum absolute atomic E-state index is 12.6. The Morgan fingerprint density at radius 1 is 0.969 bits per heavy atom. The lowest BCUT2D eigenvalue weighted by atomic mass is 9.99. The van der Waals surface area contributed by atoms with Crippen LogP contribution in [-0.2, 0) is 4.74 Å². The zero-order valence-corrected chi connectivity index (χ0v) is 16.9. The van der Waals surface area contributed by atoms with Crippen molar-refractivity contribution in [2.75, 3.05) is 13.7 Å². The Morgan fingerprint density at radius 2 is 1.69 bits per heavy atom. The van der Waals surface area contributed by atoms with Gasteiger partial charge in [0.15, 0.2) is 5.43 Å². The summed E-state index contributed by atoms with van der Waals surface area (Å²) in [7, 11) is 1.53. The molecule has 4 rings (SSSR count). The van der Waals surface area contributed by atoms with Crippen molar-refractivity contribution in [3.8, 4) is 28.6 Å². The zero-order valence-electron chi connectivity index (χ0n) is 16.9. The van der Waals surface area contributed by atoms with E-state index in [4.69, 9.17) is 18.6 Å². The van der Waals surface area contributed by atoms with E-state index < -0.39 is 48.5 Å². The number of aromatic hydroxyl groups is 1. The highest BCUT2D eigenvalue weighted by Crippen LogP contribution is 2.33. The first kappa shape index (κ1) is 22.1. The van der Waals surface area contributed by atoms with Gasteiger partial charge in [-0.1, -0.05) is 0 Å². The largest absolute Gasteiger partial charge is 0.507 e. The Bertz CT molecular complexity index is 1150. The molecule has 0 spiro atoms. The molecule has 0 radical (unpaired) electrons. The highest BCUT2D eigenvalue weighted by Gasteiger charge is 2.44. The highest BCUT2D eigenvalue weighted by molar-refractivity contribution is 5.86. The van der Waals surface area contributed by atoms with Gasteiger partial charge in [0.05, 0.1) is 13.7 Å². The number of phenols is 1. The molecule has 0 saturated carbocycles. The van der Waals surface area contributed by atoms with Crippen LogP contribution in [0.1, 0.15) is 0 Å². The van der Waals surface area contributed by atoms with Crippen LogP contribution in [0.15, 0.2) is 51.7 Å². The topological polar surface area (TPSA) is 159 Å². The summed E-state index contributed by atoms with van der Waals surface area (Å²) in [6.07, 6.45) is -7.42. The zero-order chi connectivity index (χ0) is 23.0. The third-order valence-corrected chi connectivity index (χ3v) is 5.26. The molecule has 5 N–H and O–H groups in total. The highest BCUT2D eigenvalue weighted by atomic mass is 16.7. The molecule has 10 heteroatoms. The molecule has 2 unspecified atom stereocenters. The summed E-state index contributed by atoms with van der Waals surface area (Å²) in [5.41, 5.74) is 0.140. The number of methoxy groups -OCH3 is 1.